The average Bonchev–Trinajstić information content (AvgIpc) is 3.47. The summed E-state index contributed by atoms with van der Waals surface area (Å²) in [5, 5.41) is 2.13. The number of hydrogen-bond donors (Lipinski definition) is 2. The zero-order chi connectivity index (χ0) is 24.2. The van der Waals surface area contributed by atoms with Gasteiger partial charge in [0.2, 0.25) is 11.8 Å². The molecule has 2 saturated heterocycles. The Labute approximate surface area is 194 Å². The van der Waals surface area contributed by atoms with Gasteiger partial charge in [-0.25, -0.2) is 13.6 Å². The summed E-state index contributed by atoms with van der Waals surface area (Å²) in [6, 6.07) is 5.94. The highest BCUT2D eigenvalue weighted by atomic mass is 19.1. The van der Waals surface area contributed by atoms with Gasteiger partial charge in [0.05, 0.1) is 11.6 Å². The minimum atomic E-state index is -1.04. The van der Waals surface area contributed by atoms with Gasteiger partial charge >= 0.3 is 6.09 Å². The minimum Gasteiger partial charge on any atom is -0.409 e. The number of anilines is 1. The van der Waals surface area contributed by atoms with E-state index in [0.29, 0.717) is 24.5 Å². The van der Waals surface area contributed by atoms with Crippen LogP contribution in [0, 0.1) is 11.6 Å². The number of carbonyl (C=O) groups is 3. The smallest absolute Gasteiger partial charge is 0.409 e. The number of nitrogens with zero attached hydrogens (tertiary/aromatic N) is 2. The Morgan fingerprint density at radius 3 is 2.47 bits per heavy atom. The van der Waals surface area contributed by atoms with Crippen LogP contribution < -0.4 is 20.7 Å². The molecule has 34 heavy (non-hydrogen) atoms. The Hall–Kier alpha value is -3.56. The van der Waals surface area contributed by atoms with Crippen molar-refractivity contribution in [3.8, 4) is 5.75 Å². The SMILES string of the molecule is CC1(c2ccc(OC(N)=O)c(C3CN(c4cc(F)c(C5CCC(=O)NC5=O)c(F)c4)C3)n2)CC1. The van der Waals surface area contributed by atoms with E-state index in [1.165, 1.54) is 12.1 Å². The predicted molar refractivity (Wildman–Crippen MR) is 117 cm³/mol. The second-order valence-electron chi connectivity index (χ2n) is 9.49. The van der Waals surface area contributed by atoms with Gasteiger partial charge in [0.15, 0.2) is 5.75 Å². The van der Waals surface area contributed by atoms with Crippen molar-refractivity contribution in [2.45, 2.75) is 49.9 Å². The Morgan fingerprint density at radius 1 is 1.21 bits per heavy atom. The molecule has 3 amide bonds. The molecule has 3 aliphatic rings. The number of rotatable bonds is 5. The zero-order valence-electron chi connectivity index (χ0n) is 18.6. The Kier molecular flexibility index (Phi) is 5.26. The highest BCUT2D eigenvalue weighted by molar-refractivity contribution is 6.01. The molecule has 178 valence electrons. The quantitative estimate of drug-likeness (QED) is 0.650. The standard InChI is InChI=1S/C24H24F2N4O4/c1-24(6-7-24)18-4-3-17(34-23(27)33)21(28-18)12-10-30(11-12)13-8-15(25)20(16(26)9-13)14-2-5-19(31)29-22(14)32/h3-4,8-9,12,14H,2,5-7,10-11H2,1H3,(H2,27,33)(H,29,31,32). The van der Waals surface area contributed by atoms with Crippen molar-refractivity contribution in [3.05, 3.63) is 52.9 Å². The van der Waals surface area contributed by atoms with Gasteiger partial charge in [-0.3, -0.25) is 19.9 Å². The summed E-state index contributed by atoms with van der Waals surface area (Å²) >= 11 is 0. The number of benzene rings is 1. The summed E-state index contributed by atoms with van der Waals surface area (Å²) < 4.78 is 34.9. The molecule has 0 bridgehead atoms. The van der Waals surface area contributed by atoms with E-state index in [2.05, 4.69) is 12.2 Å². The first-order valence-electron chi connectivity index (χ1n) is 11.2. The molecule has 1 aliphatic carbocycles. The molecule has 3 fully saturated rings. The number of aromatic nitrogens is 1. The number of carbonyl (C=O) groups excluding carboxylic acids is 3. The summed E-state index contributed by atoms with van der Waals surface area (Å²) in [5.74, 6) is -3.66. The second-order valence-corrected chi connectivity index (χ2v) is 9.49. The molecule has 1 aromatic carbocycles. The summed E-state index contributed by atoms with van der Waals surface area (Å²) in [4.78, 5) is 41.3. The topological polar surface area (TPSA) is 115 Å². The summed E-state index contributed by atoms with van der Waals surface area (Å²) in [6.07, 6.45) is 1.23. The average molecular weight is 470 g/mol. The van der Waals surface area contributed by atoms with Crippen molar-refractivity contribution in [3.63, 3.8) is 0 Å². The van der Waals surface area contributed by atoms with Gasteiger partial charge in [0, 0.05) is 47.8 Å². The third-order valence-electron chi connectivity index (χ3n) is 7.00. The van der Waals surface area contributed by atoms with Crippen LogP contribution in [0.5, 0.6) is 5.75 Å². The number of amides is 3. The van der Waals surface area contributed by atoms with Crippen LogP contribution >= 0.6 is 0 Å². The van der Waals surface area contributed by atoms with Crippen LogP contribution in [0.3, 0.4) is 0 Å². The van der Waals surface area contributed by atoms with Gasteiger partial charge in [0.25, 0.3) is 0 Å². The number of piperidine rings is 1. The molecule has 2 aromatic rings. The predicted octanol–water partition coefficient (Wildman–Crippen LogP) is 2.99. The zero-order valence-corrected chi connectivity index (χ0v) is 18.6. The molecule has 5 rings (SSSR count). The molecule has 8 nitrogen and oxygen atoms in total. The molecule has 3 N–H and O–H groups in total. The molecule has 1 unspecified atom stereocenters. The minimum absolute atomic E-state index is 0.0154. The van der Waals surface area contributed by atoms with Crippen molar-refractivity contribution in [1.29, 1.82) is 0 Å². The fourth-order valence-corrected chi connectivity index (χ4v) is 4.65. The van der Waals surface area contributed by atoms with Crippen molar-refractivity contribution in [2.24, 2.45) is 5.73 Å². The van der Waals surface area contributed by atoms with Crippen LogP contribution in [-0.2, 0) is 15.0 Å². The van der Waals surface area contributed by atoms with Crippen LogP contribution in [0.15, 0.2) is 24.3 Å². The number of hydrogen-bond acceptors (Lipinski definition) is 6. The monoisotopic (exact) mass is 470 g/mol. The summed E-state index contributed by atoms with van der Waals surface area (Å²) in [5.41, 5.74) is 6.75. The van der Waals surface area contributed by atoms with E-state index in [1.54, 1.807) is 11.0 Å². The molecular formula is C24H24F2N4O4. The first-order chi connectivity index (χ1) is 16.1. The van der Waals surface area contributed by atoms with Crippen LogP contribution in [0.4, 0.5) is 19.3 Å². The third-order valence-corrected chi connectivity index (χ3v) is 7.00. The molecule has 1 aromatic heterocycles. The van der Waals surface area contributed by atoms with E-state index >= 15 is 0 Å². The van der Waals surface area contributed by atoms with Crippen molar-refractivity contribution >= 4 is 23.6 Å². The highest BCUT2D eigenvalue weighted by Gasteiger charge is 2.42. The van der Waals surface area contributed by atoms with Crippen LogP contribution in [0.1, 0.15) is 61.4 Å². The highest BCUT2D eigenvalue weighted by Crippen LogP contribution is 2.48. The van der Waals surface area contributed by atoms with Gasteiger partial charge in [0.1, 0.15) is 11.6 Å². The Balaban J connectivity index is 1.36. The van der Waals surface area contributed by atoms with E-state index in [1.807, 2.05) is 6.07 Å². The lowest BCUT2D eigenvalue weighted by atomic mass is 9.88. The van der Waals surface area contributed by atoms with Gasteiger partial charge < -0.3 is 15.4 Å². The normalized spacial score (nSPS) is 21.6. The van der Waals surface area contributed by atoms with Gasteiger partial charge in [-0.05, 0) is 43.5 Å². The number of nitrogens with one attached hydrogen (secondary N) is 1. The van der Waals surface area contributed by atoms with E-state index in [9.17, 15) is 23.2 Å². The van der Waals surface area contributed by atoms with Crippen LogP contribution in [-0.4, -0.2) is 36.0 Å². The number of imide groups is 1. The number of nitrogens with two attached hydrogens (primary N) is 1. The largest absolute Gasteiger partial charge is 0.410 e. The molecule has 2 aliphatic heterocycles. The molecule has 1 saturated carbocycles. The maximum absolute atomic E-state index is 14.9. The molecule has 3 heterocycles. The van der Waals surface area contributed by atoms with E-state index in [4.69, 9.17) is 15.5 Å². The maximum Gasteiger partial charge on any atom is 0.410 e. The van der Waals surface area contributed by atoms with Crippen molar-refractivity contribution in [1.82, 2.24) is 10.3 Å². The number of halogens is 2. The lowest BCUT2D eigenvalue weighted by Crippen LogP contribution is -2.46. The third kappa shape index (κ3) is 3.97. The first kappa shape index (κ1) is 22.2. The lowest BCUT2D eigenvalue weighted by molar-refractivity contribution is -0.134. The number of primary amides is 1. The van der Waals surface area contributed by atoms with Crippen molar-refractivity contribution in [2.75, 3.05) is 18.0 Å². The molecule has 10 heteroatoms. The van der Waals surface area contributed by atoms with E-state index in [-0.39, 0.29) is 35.5 Å². The molecule has 0 spiro atoms. The fraction of sp³-hybridized carbons (Fsp3) is 0.417. The van der Waals surface area contributed by atoms with Crippen molar-refractivity contribution < 1.29 is 27.9 Å². The Bertz CT molecular complexity index is 1180. The molecule has 0 radical (unpaired) electrons. The molecular weight excluding hydrogens is 446 g/mol. The summed E-state index contributed by atoms with van der Waals surface area (Å²) in [6.45, 7) is 2.95. The fourth-order valence-electron chi connectivity index (χ4n) is 4.65. The summed E-state index contributed by atoms with van der Waals surface area (Å²) in [7, 11) is 0. The van der Waals surface area contributed by atoms with Crippen LogP contribution in [0.25, 0.3) is 0 Å². The van der Waals surface area contributed by atoms with Gasteiger partial charge in [-0.15, -0.1) is 0 Å². The molecule has 1 atom stereocenters. The van der Waals surface area contributed by atoms with Crippen LogP contribution in [0.2, 0.25) is 0 Å². The first-order valence-corrected chi connectivity index (χ1v) is 11.2. The van der Waals surface area contributed by atoms with Gasteiger partial charge in [-0.2, -0.15) is 0 Å². The number of ether oxygens (including phenoxy) is 1. The van der Waals surface area contributed by atoms with E-state index < -0.39 is 35.5 Å². The maximum atomic E-state index is 14.9. The van der Waals surface area contributed by atoms with Gasteiger partial charge in [-0.1, -0.05) is 6.92 Å². The Morgan fingerprint density at radius 2 is 1.88 bits per heavy atom. The van der Waals surface area contributed by atoms with E-state index in [0.717, 1.165) is 18.5 Å². The number of pyridine rings is 1. The lowest BCUT2D eigenvalue weighted by Gasteiger charge is -2.41. The second kappa shape index (κ2) is 8.03.